The molecule has 0 bridgehead atoms. The lowest BCUT2D eigenvalue weighted by Crippen LogP contribution is -2.14. The van der Waals surface area contributed by atoms with Gasteiger partial charge in [-0.25, -0.2) is 4.98 Å². The molecule has 1 amide bonds. The minimum atomic E-state index is -0.430. The summed E-state index contributed by atoms with van der Waals surface area (Å²) in [4.78, 5) is 15.8. The first-order valence-electron chi connectivity index (χ1n) is 6.63. The lowest BCUT2D eigenvalue weighted by Gasteiger charge is -1.97. The first-order chi connectivity index (χ1) is 10.1. The van der Waals surface area contributed by atoms with Crippen LogP contribution in [0.3, 0.4) is 0 Å². The number of para-hydroxylation sites is 1. The molecule has 0 radical (unpaired) electrons. The summed E-state index contributed by atoms with van der Waals surface area (Å²) in [6, 6.07) is 13.8. The van der Waals surface area contributed by atoms with Crippen molar-refractivity contribution in [1.82, 2.24) is 9.55 Å². The monoisotopic (exact) mass is 277 g/mol. The molecule has 0 aliphatic carbocycles. The van der Waals surface area contributed by atoms with Gasteiger partial charge in [0.1, 0.15) is 5.69 Å². The predicted molar refractivity (Wildman–Crippen MR) is 84.6 cm³/mol. The number of primary amides is 1. The van der Waals surface area contributed by atoms with Crippen molar-refractivity contribution in [3.05, 3.63) is 65.6 Å². The number of nitrogens with zero attached hydrogens (tertiary/aromatic N) is 2. The molecule has 0 saturated carbocycles. The molecule has 4 nitrogen and oxygen atoms in total. The number of hydrogen-bond donors (Lipinski definition) is 1. The maximum Gasteiger partial charge on any atom is 0.265 e. The number of fused-ring (bicyclic) bond motifs is 1. The van der Waals surface area contributed by atoms with Crippen molar-refractivity contribution in [3.8, 4) is 0 Å². The third kappa shape index (κ3) is 2.69. The van der Waals surface area contributed by atoms with E-state index >= 15 is 0 Å². The Kier molecular flexibility index (Phi) is 3.28. The van der Waals surface area contributed by atoms with E-state index in [0.717, 1.165) is 22.2 Å². The van der Waals surface area contributed by atoms with Crippen LogP contribution in [-0.2, 0) is 7.05 Å². The highest BCUT2D eigenvalue weighted by molar-refractivity contribution is 5.92. The van der Waals surface area contributed by atoms with E-state index in [-0.39, 0.29) is 0 Å². The Morgan fingerprint density at radius 3 is 2.76 bits per heavy atom. The van der Waals surface area contributed by atoms with Gasteiger partial charge >= 0.3 is 0 Å². The molecule has 0 aliphatic rings. The van der Waals surface area contributed by atoms with Gasteiger partial charge in [-0.1, -0.05) is 30.3 Å². The van der Waals surface area contributed by atoms with Crippen molar-refractivity contribution in [2.75, 3.05) is 0 Å². The van der Waals surface area contributed by atoms with Gasteiger partial charge in [0.2, 0.25) is 0 Å². The van der Waals surface area contributed by atoms with Gasteiger partial charge in [-0.2, -0.15) is 0 Å². The summed E-state index contributed by atoms with van der Waals surface area (Å²) in [6.07, 6.45) is 5.70. The highest BCUT2D eigenvalue weighted by atomic mass is 16.1. The van der Waals surface area contributed by atoms with E-state index < -0.39 is 5.91 Å². The fourth-order valence-electron chi connectivity index (χ4n) is 2.28. The first kappa shape index (κ1) is 13.1. The fraction of sp³-hybridized carbons (Fsp3) is 0.0588. The van der Waals surface area contributed by atoms with E-state index in [1.54, 1.807) is 17.7 Å². The first-order valence-corrected chi connectivity index (χ1v) is 6.63. The molecule has 2 heterocycles. The minimum Gasteiger partial charge on any atom is -0.364 e. The summed E-state index contributed by atoms with van der Waals surface area (Å²) < 4.78 is 1.72. The van der Waals surface area contributed by atoms with E-state index in [1.165, 1.54) is 0 Å². The summed E-state index contributed by atoms with van der Waals surface area (Å²) in [5, 5.41) is 1.12. The van der Waals surface area contributed by atoms with Crippen LogP contribution in [0.4, 0.5) is 0 Å². The van der Waals surface area contributed by atoms with Crippen LogP contribution in [0.5, 0.6) is 0 Å². The van der Waals surface area contributed by atoms with Crippen LogP contribution in [0.25, 0.3) is 23.1 Å². The van der Waals surface area contributed by atoms with Crippen LogP contribution in [-0.4, -0.2) is 15.5 Å². The summed E-state index contributed by atoms with van der Waals surface area (Å²) in [5.41, 5.74) is 8.54. The lowest BCUT2D eigenvalue weighted by atomic mass is 10.2. The second kappa shape index (κ2) is 5.25. The Morgan fingerprint density at radius 2 is 2.00 bits per heavy atom. The third-order valence-corrected chi connectivity index (χ3v) is 3.35. The van der Waals surface area contributed by atoms with Gasteiger partial charge in [0.25, 0.3) is 5.91 Å². The molecular formula is C17H15N3O. The molecule has 0 unspecified atom stereocenters. The van der Waals surface area contributed by atoms with Crippen LogP contribution in [0.15, 0.2) is 48.7 Å². The van der Waals surface area contributed by atoms with Crippen molar-refractivity contribution >= 4 is 29.0 Å². The average molecular weight is 277 g/mol. The molecule has 0 fully saturated rings. The molecule has 0 atom stereocenters. The normalized spacial score (nSPS) is 11.3. The predicted octanol–water partition coefficient (Wildman–Crippen LogP) is 2.84. The second-order valence-corrected chi connectivity index (χ2v) is 4.90. The van der Waals surface area contributed by atoms with Crippen molar-refractivity contribution in [3.63, 3.8) is 0 Å². The summed E-state index contributed by atoms with van der Waals surface area (Å²) in [6.45, 7) is 0. The molecule has 3 rings (SSSR count). The highest BCUT2D eigenvalue weighted by Crippen LogP contribution is 2.14. The van der Waals surface area contributed by atoms with E-state index in [4.69, 9.17) is 5.73 Å². The van der Waals surface area contributed by atoms with Crippen molar-refractivity contribution in [2.45, 2.75) is 0 Å². The van der Waals surface area contributed by atoms with Gasteiger partial charge in [0.15, 0.2) is 0 Å². The molecule has 0 spiro atoms. The average Bonchev–Trinajstić information content (AvgIpc) is 2.86. The highest BCUT2D eigenvalue weighted by Gasteiger charge is 2.06. The molecule has 1 aromatic carbocycles. The number of hydrogen-bond acceptors (Lipinski definition) is 2. The molecule has 0 aliphatic heterocycles. The van der Waals surface area contributed by atoms with Crippen LogP contribution >= 0.6 is 0 Å². The van der Waals surface area contributed by atoms with Crippen LogP contribution in [0.1, 0.15) is 21.7 Å². The molecule has 4 heteroatoms. The van der Waals surface area contributed by atoms with Crippen LogP contribution < -0.4 is 5.73 Å². The molecule has 3 aromatic rings. The number of benzene rings is 1. The number of nitrogens with two attached hydrogens (primary N) is 1. The summed E-state index contributed by atoms with van der Waals surface area (Å²) in [7, 11) is 1.80. The zero-order valence-electron chi connectivity index (χ0n) is 11.7. The van der Waals surface area contributed by atoms with Crippen molar-refractivity contribution < 1.29 is 4.79 Å². The molecular weight excluding hydrogens is 262 g/mol. The van der Waals surface area contributed by atoms with Crippen molar-refractivity contribution in [1.29, 1.82) is 0 Å². The Labute approximate surface area is 122 Å². The number of rotatable bonds is 3. The minimum absolute atomic E-state index is 0.430. The van der Waals surface area contributed by atoms with Gasteiger partial charge < -0.3 is 10.3 Å². The van der Waals surface area contributed by atoms with Gasteiger partial charge in [-0.05, 0) is 29.8 Å². The van der Waals surface area contributed by atoms with Gasteiger partial charge in [-0.15, -0.1) is 0 Å². The molecule has 2 aromatic heterocycles. The van der Waals surface area contributed by atoms with E-state index in [0.29, 0.717) is 5.69 Å². The van der Waals surface area contributed by atoms with Crippen molar-refractivity contribution in [2.24, 2.45) is 12.8 Å². The van der Waals surface area contributed by atoms with E-state index in [9.17, 15) is 4.79 Å². The Hall–Kier alpha value is -2.88. The zero-order chi connectivity index (χ0) is 14.8. The Balaban J connectivity index is 1.90. The SMILES string of the molecule is Cn1cc(/C=C/c2ccc3ccccc3n2)cc1C(N)=O. The largest absolute Gasteiger partial charge is 0.364 e. The van der Waals surface area contributed by atoms with Crippen LogP contribution in [0.2, 0.25) is 0 Å². The number of amides is 1. The Morgan fingerprint density at radius 1 is 1.19 bits per heavy atom. The maximum atomic E-state index is 11.2. The van der Waals surface area contributed by atoms with Gasteiger partial charge in [0, 0.05) is 18.6 Å². The topological polar surface area (TPSA) is 60.9 Å². The number of aromatic nitrogens is 2. The summed E-state index contributed by atoms with van der Waals surface area (Å²) >= 11 is 0. The van der Waals surface area contributed by atoms with Gasteiger partial charge in [-0.3, -0.25) is 4.79 Å². The Bertz CT molecular complexity index is 846. The number of pyridine rings is 1. The second-order valence-electron chi connectivity index (χ2n) is 4.90. The number of carbonyl (C=O) groups is 1. The quantitative estimate of drug-likeness (QED) is 0.800. The molecule has 104 valence electrons. The lowest BCUT2D eigenvalue weighted by molar-refractivity contribution is 0.0992. The molecule has 2 N–H and O–H groups in total. The molecule has 0 saturated heterocycles. The van der Waals surface area contributed by atoms with Crippen LogP contribution in [0, 0.1) is 0 Å². The van der Waals surface area contributed by atoms with E-state index in [2.05, 4.69) is 4.98 Å². The smallest absolute Gasteiger partial charge is 0.265 e. The van der Waals surface area contributed by atoms with E-state index in [1.807, 2.05) is 54.7 Å². The molecule has 21 heavy (non-hydrogen) atoms. The number of carbonyl (C=O) groups excluding carboxylic acids is 1. The zero-order valence-corrected chi connectivity index (χ0v) is 11.7. The van der Waals surface area contributed by atoms with Gasteiger partial charge in [0.05, 0.1) is 11.2 Å². The number of aryl methyl sites for hydroxylation is 1. The maximum absolute atomic E-state index is 11.2. The standard InChI is InChI=1S/C17H15N3O/c1-20-11-12(10-16(20)17(18)21)6-8-14-9-7-13-4-2-3-5-15(13)19-14/h2-11H,1H3,(H2,18,21)/b8-6+. The summed E-state index contributed by atoms with van der Waals surface area (Å²) in [5.74, 6) is -0.430. The third-order valence-electron chi connectivity index (χ3n) is 3.35. The fourth-order valence-corrected chi connectivity index (χ4v) is 2.28.